The third-order valence-corrected chi connectivity index (χ3v) is 5.58. The van der Waals surface area contributed by atoms with Gasteiger partial charge in [0.2, 0.25) is 0 Å². The Morgan fingerprint density at radius 3 is 2.27 bits per heavy atom. The molecule has 0 atom stereocenters. The molecule has 0 aliphatic carbocycles. The number of aromatic nitrogens is 1. The maximum Gasteiger partial charge on any atom is 0.258 e. The Morgan fingerprint density at radius 1 is 0.879 bits per heavy atom. The van der Waals surface area contributed by atoms with Gasteiger partial charge < -0.3 is 9.80 Å². The second-order valence-electron chi connectivity index (χ2n) is 7.78. The summed E-state index contributed by atoms with van der Waals surface area (Å²) >= 11 is 0. The Morgan fingerprint density at radius 2 is 1.58 bits per heavy atom. The first-order chi connectivity index (χ1) is 16.1. The van der Waals surface area contributed by atoms with Crippen LogP contribution in [0.3, 0.4) is 0 Å². The van der Waals surface area contributed by atoms with E-state index in [1.54, 1.807) is 23.2 Å². The molecule has 33 heavy (non-hydrogen) atoms. The number of nitrogens with zero attached hydrogens (tertiary/aromatic N) is 3. The highest BCUT2D eigenvalue weighted by Crippen LogP contribution is 2.28. The number of hydrogen-bond donors (Lipinski definition) is 0. The summed E-state index contributed by atoms with van der Waals surface area (Å²) in [7, 11) is 0. The molecule has 1 aromatic heterocycles. The SMILES string of the molecule is CCN(c1ccccc1)c1cc(N(Cc2ccc(F)cc2)C(=O)c2ccccc2C)ccn1. The number of rotatable bonds is 7. The summed E-state index contributed by atoms with van der Waals surface area (Å²) in [4.78, 5) is 22.1. The van der Waals surface area contributed by atoms with E-state index in [-0.39, 0.29) is 11.7 Å². The Balaban J connectivity index is 1.75. The lowest BCUT2D eigenvalue weighted by molar-refractivity contribution is 0.0984. The van der Waals surface area contributed by atoms with Crippen LogP contribution >= 0.6 is 0 Å². The second kappa shape index (κ2) is 10.1. The minimum absolute atomic E-state index is 0.114. The van der Waals surface area contributed by atoms with Gasteiger partial charge in [0.15, 0.2) is 0 Å². The molecule has 3 aromatic carbocycles. The van der Waals surface area contributed by atoms with Crippen molar-refractivity contribution in [1.29, 1.82) is 0 Å². The van der Waals surface area contributed by atoms with Crippen LogP contribution in [0.2, 0.25) is 0 Å². The predicted molar refractivity (Wildman–Crippen MR) is 131 cm³/mol. The molecule has 0 N–H and O–H groups in total. The third-order valence-electron chi connectivity index (χ3n) is 5.58. The van der Waals surface area contributed by atoms with Crippen molar-refractivity contribution in [3.8, 4) is 0 Å². The molecule has 0 aliphatic rings. The average Bonchev–Trinajstić information content (AvgIpc) is 2.85. The quantitative estimate of drug-likeness (QED) is 0.328. The van der Waals surface area contributed by atoms with Gasteiger partial charge in [-0.2, -0.15) is 0 Å². The molecule has 4 rings (SSSR count). The van der Waals surface area contributed by atoms with Crippen LogP contribution in [0.4, 0.5) is 21.6 Å². The molecule has 4 nitrogen and oxygen atoms in total. The van der Waals surface area contributed by atoms with Crippen molar-refractivity contribution in [2.45, 2.75) is 20.4 Å². The van der Waals surface area contributed by atoms with Crippen LogP contribution in [0.15, 0.2) is 97.2 Å². The number of halogens is 1. The van der Waals surface area contributed by atoms with E-state index in [0.717, 1.165) is 34.9 Å². The highest BCUT2D eigenvalue weighted by atomic mass is 19.1. The molecule has 0 unspecified atom stereocenters. The number of hydrogen-bond acceptors (Lipinski definition) is 3. The molecule has 0 saturated heterocycles. The summed E-state index contributed by atoms with van der Waals surface area (Å²) in [6, 6.07) is 27.6. The molecule has 0 radical (unpaired) electrons. The Kier molecular flexibility index (Phi) is 6.79. The van der Waals surface area contributed by atoms with E-state index in [9.17, 15) is 9.18 Å². The van der Waals surface area contributed by atoms with Crippen molar-refractivity contribution in [3.05, 3.63) is 120 Å². The molecule has 0 saturated carbocycles. The van der Waals surface area contributed by atoms with Crippen LogP contribution in [-0.2, 0) is 6.54 Å². The van der Waals surface area contributed by atoms with E-state index in [0.29, 0.717) is 12.1 Å². The molecular formula is C28H26FN3O. The van der Waals surface area contributed by atoms with E-state index in [4.69, 9.17) is 0 Å². The number of carbonyl (C=O) groups excluding carboxylic acids is 1. The summed E-state index contributed by atoms with van der Waals surface area (Å²) in [6.45, 7) is 5.03. The van der Waals surface area contributed by atoms with E-state index in [2.05, 4.69) is 16.8 Å². The third kappa shape index (κ3) is 5.09. The normalized spacial score (nSPS) is 10.6. The lowest BCUT2D eigenvalue weighted by atomic mass is 10.1. The fourth-order valence-electron chi connectivity index (χ4n) is 3.82. The topological polar surface area (TPSA) is 36.4 Å². The van der Waals surface area contributed by atoms with Crippen molar-refractivity contribution in [3.63, 3.8) is 0 Å². The molecule has 0 aliphatic heterocycles. The van der Waals surface area contributed by atoms with E-state index < -0.39 is 0 Å². The predicted octanol–water partition coefficient (Wildman–Crippen LogP) is 6.53. The van der Waals surface area contributed by atoms with Gasteiger partial charge in [-0.15, -0.1) is 0 Å². The molecule has 1 heterocycles. The largest absolute Gasteiger partial charge is 0.327 e. The van der Waals surface area contributed by atoms with Gasteiger partial charge in [-0.25, -0.2) is 9.37 Å². The van der Waals surface area contributed by atoms with Crippen LogP contribution in [0.25, 0.3) is 0 Å². The number of pyridine rings is 1. The number of para-hydroxylation sites is 1. The van der Waals surface area contributed by atoms with E-state index in [1.807, 2.05) is 73.7 Å². The van der Waals surface area contributed by atoms with Gasteiger partial charge in [0, 0.05) is 35.7 Å². The van der Waals surface area contributed by atoms with Gasteiger partial charge >= 0.3 is 0 Å². The summed E-state index contributed by atoms with van der Waals surface area (Å²) < 4.78 is 13.5. The van der Waals surface area contributed by atoms with Crippen LogP contribution in [-0.4, -0.2) is 17.4 Å². The smallest absolute Gasteiger partial charge is 0.258 e. The Labute approximate surface area is 193 Å². The minimum atomic E-state index is -0.303. The first-order valence-electron chi connectivity index (χ1n) is 11.0. The number of benzene rings is 3. The fraction of sp³-hybridized carbons (Fsp3) is 0.143. The lowest BCUT2D eigenvalue weighted by Gasteiger charge is -2.27. The van der Waals surface area contributed by atoms with Crippen molar-refractivity contribution in [1.82, 2.24) is 4.98 Å². The molecule has 1 amide bonds. The number of anilines is 3. The Hall–Kier alpha value is -3.99. The molecule has 5 heteroatoms. The zero-order valence-corrected chi connectivity index (χ0v) is 18.8. The summed E-state index contributed by atoms with van der Waals surface area (Å²) in [6.07, 6.45) is 1.72. The van der Waals surface area contributed by atoms with E-state index >= 15 is 0 Å². The average molecular weight is 440 g/mol. The fourth-order valence-corrected chi connectivity index (χ4v) is 3.82. The first-order valence-corrected chi connectivity index (χ1v) is 11.0. The zero-order chi connectivity index (χ0) is 23.2. The van der Waals surface area contributed by atoms with Gasteiger partial charge in [-0.05, 0) is 61.4 Å². The molecule has 0 spiro atoms. The molecule has 0 fully saturated rings. The second-order valence-corrected chi connectivity index (χ2v) is 7.78. The summed E-state index contributed by atoms with van der Waals surface area (Å²) in [5.41, 5.74) is 4.13. The molecule has 166 valence electrons. The standard InChI is InChI=1S/C28H26FN3O/c1-3-31(24-10-5-4-6-11-24)27-19-25(17-18-30-27)32(20-22-13-15-23(29)16-14-22)28(33)26-12-8-7-9-21(26)2/h4-19H,3,20H2,1-2H3. The van der Waals surface area contributed by atoms with Gasteiger partial charge in [-0.1, -0.05) is 48.5 Å². The lowest BCUT2D eigenvalue weighted by Crippen LogP contribution is -2.31. The highest BCUT2D eigenvalue weighted by Gasteiger charge is 2.21. The molecular weight excluding hydrogens is 413 g/mol. The van der Waals surface area contributed by atoms with Crippen LogP contribution in [0, 0.1) is 12.7 Å². The monoisotopic (exact) mass is 439 g/mol. The Bertz CT molecular complexity index is 1230. The van der Waals surface area contributed by atoms with Crippen LogP contribution < -0.4 is 9.80 Å². The maximum absolute atomic E-state index is 13.7. The van der Waals surface area contributed by atoms with Crippen LogP contribution in [0.1, 0.15) is 28.4 Å². The van der Waals surface area contributed by atoms with Gasteiger partial charge in [0.1, 0.15) is 11.6 Å². The van der Waals surface area contributed by atoms with E-state index in [1.165, 1.54) is 12.1 Å². The maximum atomic E-state index is 13.7. The van der Waals surface area contributed by atoms with Crippen LogP contribution in [0.5, 0.6) is 0 Å². The van der Waals surface area contributed by atoms with Crippen molar-refractivity contribution in [2.75, 3.05) is 16.3 Å². The first kappa shape index (κ1) is 22.2. The van der Waals surface area contributed by atoms with Crippen molar-refractivity contribution < 1.29 is 9.18 Å². The van der Waals surface area contributed by atoms with Crippen molar-refractivity contribution >= 4 is 23.1 Å². The summed E-state index contributed by atoms with van der Waals surface area (Å²) in [5.74, 6) is 0.336. The number of amides is 1. The van der Waals surface area contributed by atoms with Gasteiger partial charge in [0.05, 0.1) is 6.54 Å². The highest BCUT2D eigenvalue weighted by molar-refractivity contribution is 6.07. The van der Waals surface area contributed by atoms with Gasteiger partial charge in [-0.3, -0.25) is 4.79 Å². The number of carbonyl (C=O) groups is 1. The van der Waals surface area contributed by atoms with Gasteiger partial charge in [0.25, 0.3) is 5.91 Å². The zero-order valence-electron chi connectivity index (χ0n) is 18.8. The molecule has 4 aromatic rings. The number of aryl methyl sites for hydroxylation is 1. The van der Waals surface area contributed by atoms with Crippen molar-refractivity contribution in [2.24, 2.45) is 0 Å². The minimum Gasteiger partial charge on any atom is -0.327 e. The summed E-state index contributed by atoms with van der Waals surface area (Å²) in [5, 5.41) is 0. The molecule has 0 bridgehead atoms.